The first-order valence-electron chi connectivity index (χ1n) is 8.85. The molecule has 0 aromatic carbocycles. The Morgan fingerprint density at radius 3 is 1.77 bits per heavy atom. The molecule has 10 heteroatoms. The van der Waals surface area contributed by atoms with Crippen molar-refractivity contribution in [3.63, 3.8) is 0 Å². The molecule has 2 aromatic rings. The smallest absolute Gasteiger partial charge is 0.225 e. The van der Waals surface area contributed by atoms with E-state index in [4.69, 9.17) is 0 Å². The molecular formula is C16H22N6O2S2. The molecule has 1 aliphatic carbocycles. The monoisotopic (exact) mass is 394 g/mol. The average Bonchev–Trinajstić information content (AvgIpc) is 3.31. The van der Waals surface area contributed by atoms with Crippen molar-refractivity contribution in [2.45, 2.75) is 64.2 Å². The number of nitrogens with zero attached hydrogens (tertiary/aromatic N) is 4. The third kappa shape index (κ3) is 4.61. The molecule has 2 N–H and O–H groups in total. The Morgan fingerprint density at radius 1 is 0.885 bits per heavy atom. The minimum Gasteiger partial charge on any atom is -0.301 e. The lowest BCUT2D eigenvalue weighted by Gasteiger charge is -2.25. The highest BCUT2D eigenvalue weighted by Crippen LogP contribution is 2.43. The van der Waals surface area contributed by atoms with Crippen LogP contribution in [0.4, 0.5) is 10.3 Å². The molecule has 0 bridgehead atoms. The van der Waals surface area contributed by atoms with Crippen LogP contribution in [0.2, 0.25) is 0 Å². The first-order chi connectivity index (χ1) is 12.6. The van der Waals surface area contributed by atoms with Gasteiger partial charge in [0, 0.05) is 24.7 Å². The van der Waals surface area contributed by atoms with E-state index in [2.05, 4.69) is 31.0 Å². The van der Waals surface area contributed by atoms with Gasteiger partial charge in [0.15, 0.2) is 0 Å². The molecule has 0 saturated heterocycles. The van der Waals surface area contributed by atoms with Crippen LogP contribution in [0.1, 0.15) is 74.2 Å². The van der Waals surface area contributed by atoms with E-state index in [-0.39, 0.29) is 11.8 Å². The van der Waals surface area contributed by atoms with Gasteiger partial charge in [-0.05, 0) is 19.3 Å². The maximum Gasteiger partial charge on any atom is 0.225 e. The Balaban J connectivity index is 1.64. The number of hydrogen-bond acceptors (Lipinski definition) is 8. The quantitative estimate of drug-likeness (QED) is 0.775. The number of anilines is 2. The number of carbonyl (C=O) groups excluding carboxylic acids is 2. The lowest BCUT2D eigenvalue weighted by atomic mass is 9.82. The molecule has 0 spiro atoms. The fraction of sp³-hybridized carbons (Fsp3) is 0.625. The topological polar surface area (TPSA) is 110 Å². The predicted molar refractivity (Wildman–Crippen MR) is 102 cm³/mol. The van der Waals surface area contributed by atoms with E-state index in [1.165, 1.54) is 22.7 Å². The van der Waals surface area contributed by atoms with Crippen LogP contribution in [-0.4, -0.2) is 32.2 Å². The Bertz CT molecular complexity index is 712. The fourth-order valence-corrected chi connectivity index (χ4v) is 4.77. The number of nitrogens with one attached hydrogen (secondary N) is 2. The third-order valence-electron chi connectivity index (χ3n) is 4.39. The van der Waals surface area contributed by atoms with Crippen LogP contribution in [0.3, 0.4) is 0 Å². The zero-order valence-corrected chi connectivity index (χ0v) is 16.5. The van der Waals surface area contributed by atoms with Crippen molar-refractivity contribution in [2.24, 2.45) is 0 Å². The zero-order valence-electron chi connectivity index (χ0n) is 14.8. The van der Waals surface area contributed by atoms with Crippen LogP contribution < -0.4 is 10.6 Å². The molecule has 26 heavy (non-hydrogen) atoms. The number of aromatic nitrogens is 4. The number of rotatable bonds is 6. The van der Waals surface area contributed by atoms with Crippen LogP contribution in [-0.2, 0) is 9.59 Å². The summed E-state index contributed by atoms with van der Waals surface area (Å²) in [5.74, 6) is 0.529. The number of hydrogen-bond donors (Lipinski definition) is 2. The van der Waals surface area contributed by atoms with Crippen LogP contribution in [0, 0.1) is 0 Å². The molecule has 8 nitrogen and oxygen atoms in total. The molecule has 1 fully saturated rings. The van der Waals surface area contributed by atoms with Crippen molar-refractivity contribution in [1.82, 2.24) is 20.4 Å². The summed E-state index contributed by atoms with van der Waals surface area (Å²) in [5.41, 5.74) is 0. The molecule has 3 rings (SSSR count). The zero-order chi connectivity index (χ0) is 18.5. The van der Waals surface area contributed by atoms with Crippen molar-refractivity contribution in [3.8, 4) is 0 Å². The Morgan fingerprint density at radius 2 is 1.35 bits per heavy atom. The third-order valence-corrected chi connectivity index (χ3v) is 6.39. The van der Waals surface area contributed by atoms with E-state index in [1.807, 2.05) is 13.8 Å². The van der Waals surface area contributed by atoms with E-state index in [0.717, 1.165) is 35.7 Å². The fourth-order valence-electron chi connectivity index (χ4n) is 2.95. The molecular weight excluding hydrogens is 372 g/mol. The molecule has 2 amide bonds. The van der Waals surface area contributed by atoms with Crippen molar-refractivity contribution < 1.29 is 9.59 Å². The van der Waals surface area contributed by atoms with Crippen molar-refractivity contribution in [2.75, 3.05) is 10.6 Å². The first-order valence-corrected chi connectivity index (χ1v) is 10.5. The molecule has 2 heterocycles. The lowest BCUT2D eigenvalue weighted by Crippen LogP contribution is -2.12. The van der Waals surface area contributed by atoms with Gasteiger partial charge in [-0.1, -0.05) is 42.9 Å². The van der Waals surface area contributed by atoms with Gasteiger partial charge in [0.05, 0.1) is 0 Å². The van der Waals surface area contributed by atoms with Crippen LogP contribution in [0.15, 0.2) is 0 Å². The first kappa shape index (κ1) is 18.8. The highest BCUT2D eigenvalue weighted by atomic mass is 32.1. The summed E-state index contributed by atoms with van der Waals surface area (Å²) in [5, 5.41) is 25.3. The molecule has 0 aliphatic heterocycles. The van der Waals surface area contributed by atoms with E-state index in [9.17, 15) is 9.59 Å². The van der Waals surface area contributed by atoms with Crippen LogP contribution in [0.25, 0.3) is 0 Å². The lowest BCUT2D eigenvalue weighted by molar-refractivity contribution is -0.116. The predicted octanol–water partition coefficient (Wildman–Crippen LogP) is 3.53. The summed E-state index contributed by atoms with van der Waals surface area (Å²) in [6, 6.07) is 0. The minimum atomic E-state index is -0.0512. The Kier molecular flexibility index (Phi) is 6.25. The molecule has 1 aliphatic rings. The van der Waals surface area contributed by atoms with Crippen molar-refractivity contribution >= 4 is 44.8 Å². The molecule has 2 atom stereocenters. The maximum atomic E-state index is 11.5. The van der Waals surface area contributed by atoms with E-state index >= 15 is 0 Å². The van der Waals surface area contributed by atoms with Gasteiger partial charge in [-0.3, -0.25) is 9.59 Å². The standard InChI is InChI=1S/C16H22N6O2S2/c1-3-11(23)17-15-21-19-13(25-15)9-6-5-7-10(8-9)14-20-22-16(26-14)18-12(24)4-2/h9-10H,3-8H2,1-2H3,(H,17,21,23)(H,18,22,24)/t9-,10-/m1/s1. The van der Waals surface area contributed by atoms with Crippen molar-refractivity contribution in [1.29, 1.82) is 0 Å². The van der Waals surface area contributed by atoms with Gasteiger partial charge < -0.3 is 10.6 Å². The molecule has 1 saturated carbocycles. The minimum absolute atomic E-state index is 0.0512. The van der Waals surface area contributed by atoms with Gasteiger partial charge >= 0.3 is 0 Å². The summed E-state index contributed by atoms with van der Waals surface area (Å²) < 4.78 is 0. The molecule has 0 radical (unpaired) electrons. The average molecular weight is 395 g/mol. The maximum absolute atomic E-state index is 11.5. The largest absolute Gasteiger partial charge is 0.301 e. The number of carbonyl (C=O) groups is 2. The summed E-state index contributed by atoms with van der Waals surface area (Å²) in [4.78, 5) is 23.0. The van der Waals surface area contributed by atoms with Gasteiger partial charge in [-0.2, -0.15) is 0 Å². The Hall–Kier alpha value is -1.94. The summed E-state index contributed by atoms with van der Waals surface area (Å²) >= 11 is 2.91. The van der Waals surface area contributed by atoms with Gasteiger partial charge in [-0.25, -0.2) is 0 Å². The van der Waals surface area contributed by atoms with E-state index in [0.29, 0.717) is 34.9 Å². The highest BCUT2D eigenvalue weighted by Gasteiger charge is 2.29. The Labute approximate surface area is 159 Å². The highest BCUT2D eigenvalue weighted by molar-refractivity contribution is 7.15. The normalized spacial score (nSPS) is 19.9. The van der Waals surface area contributed by atoms with Gasteiger partial charge in [-0.15, -0.1) is 20.4 Å². The van der Waals surface area contributed by atoms with Crippen molar-refractivity contribution in [3.05, 3.63) is 10.0 Å². The van der Waals surface area contributed by atoms with Gasteiger partial charge in [0.2, 0.25) is 22.1 Å². The second-order valence-corrected chi connectivity index (χ2v) is 8.27. The summed E-state index contributed by atoms with van der Waals surface area (Å²) in [6.07, 6.45) is 4.99. The summed E-state index contributed by atoms with van der Waals surface area (Å²) in [6.45, 7) is 3.62. The van der Waals surface area contributed by atoms with Gasteiger partial charge in [0.25, 0.3) is 0 Å². The second-order valence-electron chi connectivity index (χ2n) is 6.25. The van der Waals surface area contributed by atoms with E-state index < -0.39 is 0 Å². The van der Waals surface area contributed by atoms with E-state index in [1.54, 1.807) is 0 Å². The number of amides is 2. The molecule has 0 unspecified atom stereocenters. The molecule has 2 aromatic heterocycles. The molecule has 140 valence electrons. The van der Waals surface area contributed by atoms with Crippen LogP contribution >= 0.6 is 22.7 Å². The SMILES string of the molecule is CCC(=O)Nc1nnc([C@@H]2CCC[C@@H](c3nnc(NC(=O)CC)s3)C2)s1. The van der Waals surface area contributed by atoms with Gasteiger partial charge in [0.1, 0.15) is 10.0 Å². The second kappa shape index (κ2) is 8.63. The van der Waals surface area contributed by atoms with Crippen LogP contribution in [0.5, 0.6) is 0 Å². The summed E-state index contributed by atoms with van der Waals surface area (Å²) in [7, 11) is 0.